The maximum Gasteiger partial charge on any atom is 0.259 e. The van der Waals surface area contributed by atoms with Gasteiger partial charge in [0.2, 0.25) is 10.0 Å². The summed E-state index contributed by atoms with van der Waals surface area (Å²) in [5.74, 6) is -0.936. The van der Waals surface area contributed by atoms with Crippen molar-refractivity contribution < 1.29 is 18.0 Å². The molecule has 1 unspecified atom stereocenters. The Kier molecular flexibility index (Phi) is 8.98. The number of halogens is 2. The van der Waals surface area contributed by atoms with Crippen LogP contribution in [-0.4, -0.2) is 60.8 Å². The first kappa shape index (κ1) is 29.8. The van der Waals surface area contributed by atoms with Gasteiger partial charge in [-0.3, -0.25) is 9.59 Å². The van der Waals surface area contributed by atoms with Crippen LogP contribution in [-0.2, 0) is 20.2 Å². The summed E-state index contributed by atoms with van der Waals surface area (Å²) in [6.45, 7) is 6.56. The minimum absolute atomic E-state index is 0.0724. The number of rotatable bonds is 5. The first-order valence-electron chi connectivity index (χ1n) is 13.2. The summed E-state index contributed by atoms with van der Waals surface area (Å²) in [7, 11) is -4.20. The first-order valence-corrected chi connectivity index (χ1v) is 15.4. The maximum atomic E-state index is 13.9. The smallest absolute Gasteiger partial charge is 0.259 e. The highest BCUT2D eigenvalue weighted by Gasteiger charge is 2.45. The maximum absolute atomic E-state index is 13.9. The molecule has 0 radical (unpaired) electrons. The van der Waals surface area contributed by atoms with Gasteiger partial charge >= 0.3 is 0 Å². The summed E-state index contributed by atoms with van der Waals surface area (Å²) in [4.78, 5) is 28.8. The minimum Gasteiger partial charge on any atom is -0.350 e. The largest absolute Gasteiger partial charge is 0.350 e. The number of carbonyl (C=O) groups is 2. The van der Waals surface area contributed by atoms with Crippen LogP contribution in [0.4, 0.5) is 0 Å². The van der Waals surface area contributed by atoms with E-state index in [1.54, 1.807) is 12.1 Å². The third-order valence-corrected chi connectivity index (χ3v) is 10.0. The zero-order valence-electron chi connectivity index (χ0n) is 22.5. The molecule has 0 aromatic heterocycles. The third kappa shape index (κ3) is 6.60. The molecule has 1 saturated heterocycles. The van der Waals surface area contributed by atoms with E-state index in [0.29, 0.717) is 24.8 Å². The molecular formula is C28H36Cl2N4O4S. The summed E-state index contributed by atoms with van der Waals surface area (Å²) >= 11 is 12.2. The highest BCUT2D eigenvalue weighted by atomic mass is 35.5. The lowest BCUT2D eigenvalue weighted by molar-refractivity contribution is -0.132. The molecule has 3 N–H and O–H groups in total. The van der Waals surface area contributed by atoms with E-state index >= 15 is 0 Å². The van der Waals surface area contributed by atoms with Crippen molar-refractivity contribution in [3.63, 3.8) is 0 Å². The van der Waals surface area contributed by atoms with Crippen molar-refractivity contribution in [1.82, 2.24) is 14.5 Å². The lowest BCUT2D eigenvalue weighted by Gasteiger charge is -2.42. The molecular weight excluding hydrogens is 559 g/mol. The van der Waals surface area contributed by atoms with Gasteiger partial charge in [0, 0.05) is 30.7 Å². The second-order valence-corrected chi connectivity index (χ2v) is 14.1. The topological polar surface area (TPSA) is 113 Å². The predicted molar refractivity (Wildman–Crippen MR) is 153 cm³/mol. The van der Waals surface area contributed by atoms with Gasteiger partial charge in [-0.15, -0.1) is 0 Å². The Morgan fingerprint density at radius 3 is 2.18 bits per heavy atom. The van der Waals surface area contributed by atoms with Gasteiger partial charge in [-0.1, -0.05) is 56.1 Å². The molecule has 2 amide bonds. The van der Waals surface area contributed by atoms with E-state index in [4.69, 9.17) is 28.9 Å². The Bertz CT molecular complexity index is 1320. The number of nitrogens with zero attached hydrogens (tertiary/aromatic N) is 2. The Labute approximate surface area is 240 Å². The van der Waals surface area contributed by atoms with Crippen LogP contribution in [0.3, 0.4) is 0 Å². The molecule has 2 aromatic carbocycles. The Morgan fingerprint density at radius 1 is 0.949 bits per heavy atom. The van der Waals surface area contributed by atoms with Gasteiger partial charge in [-0.05, 0) is 73.4 Å². The average molecular weight is 596 g/mol. The molecule has 1 aliphatic carbocycles. The molecule has 1 aliphatic heterocycles. The van der Waals surface area contributed by atoms with Crippen molar-refractivity contribution in [3.8, 4) is 0 Å². The lowest BCUT2D eigenvalue weighted by atomic mass is 9.86. The lowest BCUT2D eigenvalue weighted by Crippen LogP contribution is -2.64. The van der Waals surface area contributed by atoms with Gasteiger partial charge in [0.15, 0.2) is 6.17 Å². The number of sulfonamides is 1. The number of carbonyl (C=O) groups excluding carboxylic acids is 2. The van der Waals surface area contributed by atoms with Crippen LogP contribution in [0.2, 0.25) is 10.0 Å². The number of amides is 2. The van der Waals surface area contributed by atoms with Crippen molar-refractivity contribution >= 4 is 45.0 Å². The van der Waals surface area contributed by atoms with Gasteiger partial charge in [0.05, 0.1) is 14.9 Å². The van der Waals surface area contributed by atoms with E-state index in [2.05, 4.69) is 26.1 Å². The fraction of sp³-hybridized carbons (Fsp3) is 0.500. The van der Waals surface area contributed by atoms with Gasteiger partial charge in [0.1, 0.15) is 0 Å². The summed E-state index contributed by atoms with van der Waals surface area (Å²) in [6, 6.07) is 11.2. The predicted octanol–water partition coefficient (Wildman–Crippen LogP) is 4.54. The van der Waals surface area contributed by atoms with E-state index in [9.17, 15) is 18.0 Å². The number of nitrogens with two attached hydrogens (primary N) is 1. The molecule has 1 atom stereocenters. The molecule has 11 heteroatoms. The second kappa shape index (κ2) is 11.7. The van der Waals surface area contributed by atoms with Crippen LogP contribution in [0.15, 0.2) is 47.4 Å². The van der Waals surface area contributed by atoms with E-state index in [1.165, 1.54) is 23.1 Å². The number of hydrogen-bond donors (Lipinski definition) is 2. The fourth-order valence-corrected chi connectivity index (χ4v) is 7.11. The SMILES string of the molecule is CC(C)(C)c1ccc(C(=O)N2CCCN(S(=O)(=O)c3ccc(Cl)c(Cl)c3)C2C(=O)NC2CCC(N)CC2)cc1. The molecule has 8 nitrogen and oxygen atoms in total. The molecule has 212 valence electrons. The van der Waals surface area contributed by atoms with Gasteiger partial charge in [-0.25, -0.2) is 8.42 Å². The average Bonchev–Trinajstić information content (AvgIpc) is 2.90. The van der Waals surface area contributed by atoms with Crippen LogP contribution in [0, 0.1) is 0 Å². The zero-order chi connectivity index (χ0) is 28.5. The molecule has 4 rings (SSSR count). The van der Waals surface area contributed by atoms with E-state index in [1.807, 2.05) is 12.1 Å². The first-order chi connectivity index (χ1) is 18.3. The Balaban J connectivity index is 1.69. The van der Waals surface area contributed by atoms with Gasteiger partial charge in [-0.2, -0.15) is 4.31 Å². The molecule has 39 heavy (non-hydrogen) atoms. The van der Waals surface area contributed by atoms with E-state index in [-0.39, 0.29) is 45.5 Å². The van der Waals surface area contributed by atoms with Crippen molar-refractivity contribution in [3.05, 3.63) is 63.6 Å². The molecule has 0 bridgehead atoms. The van der Waals surface area contributed by atoms with Crippen LogP contribution >= 0.6 is 23.2 Å². The van der Waals surface area contributed by atoms with Crippen molar-refractivity contribution in [1.29, 1.82) is 0 Å². The molecule has 2 aliphatic rings. The summed E-state index contributed by atoms with van der Waals surface area (Å²) < 4.78 is 28.8. The van der Waals surface area contributed by atoms with Gasteiger partial charge < -0.3 is 16.0 Å². The van der Waals surface area contributed by atoms with E-state index in [0.717, 1.165) is 22.7 Å². The van der Waals surface area contributed by atoms with Crippen LogP contribution < -0.4 is 11.1 Å². The fourth-order valence-electron chi connectivity index (χ4n) is 5.12. The highest BCUT2D eigenvalue weighted by Crippen LogP contribution is 2.31. The van der Waals surface area contributed by atoms with Crippen LogP contribution in [0.5, 0.6) is 0 Å². The van der Waals surface area contributed by atoms with Crippen LogP contribution in [0.25, 0.3) is 0 Å². The molecule has 2 aromatic rings. The zero-order valence-corrected chi connectivity index (χ0v) is 24.8. The quantitative estimate of drug-likeness (QED) is 0.527. The summed E-state index contributed by atoms with van der Waals surface area (Å²) in [5, 5.41) is 3.31. The number of nitrogens with one attached hydrogen (secondary N) is 1. The second-order valence-electron chi connectivity index (χ2n) is 11.4. The summed E-state index contributed by atoms with van der Waals surface area (Å²) in [6.07, 6.45) is 1.94. The molecule has 2 fully saturated rings. The highest BCUT2D eigenvalue weighted by molar-refractivity contribution is 7.89. The monoisotopic (exact) mass is 594 g/mol. The molecule has 0 spiro atoms. The normalized spacial score (nSPS) is 22.9. The van der Waals surface area contributed by atoms with Gasteiger partial charge in [0.25, 0.3) is 11.8 Å². The Hall–Kier alpha value is -2.17. The minimum atomic E-state index is -4.20. The van der Waals surface area contributed by atoms with Crippen molar-refractivity contribution in [2.75, 3.05) is 13.1 Å². The van der Waals surface area contributed by atoms with E-state index < -0.39 is 28.0 Å². The number of benzene rings is 2. The molecule has 1 heterocycles. The van der Waals surface area contributed by atoms with Crippen molar-refractivity contribution in [2.24, 2.45) is 5.73 Å². The number of hydrogen-bond acceptors (Lipinski definition) is 5. The Morgan fingerprint density at radius 2 is 1.59 bits per heavy atom. The molecule has 1 saturated carbocycles. The standard InChI is InChI=1S/C28H36Cl2N4O4S/c1-28(2,3)19-7-5-18(6-8-19)27(36)33-15-4-16-34(39(37,38)22-13-14-23(29)24(30)17-22)26(33)25(35)32-21-11-9-20(31)10-12-21/h5-8,13-14,17,20-21,26H,4,9-12,15-16,31H2,1-3H3,(H,32,35). The summed E-state index contributed by atoms with van der Waals surface area (Å²) in [5.41, 5.74) is 7.38. The van der Waals surface area contributed by atoms with Crippen molar-refractivity contribution in [2.45, 2.75) is 81.4 Å². The van der Waals surface area contributed by atoms with Crippen LogP contribution in [0.1, 0.15) is 68.8 Å². The third-order valence-electron chi connectivity index (χ3n) is 7.45.